The molecule has 36 heavy (non-hydrogen) atoms. The lowest BCUT2D eigenvalue weighted by molar-refractivity contribution is -0.112. The van der Waals surface area contributed by atoms with E-state index in [0.717, 1.165) is 47.1 Å². The van der Waals surface area contributed by atoms with Crippen LogP contribution in [0.3, 0.4) is 0 Å². The van der Waals surface area contributed by atoms with E-state index < -0.39 is 0 Å². The Hall–Kier alpha value is -3.43. The predicted molar refractivity (Wildman–Crippen MR) is 144 cm³/mol. The standard InChI is InChI=1S/C27H37N7O2/c1-5-18(4)27(36)32-21-8-6-7-19(11-21)13-30-25-12-24(29-14-20-9-10-28-16-23(20)35)33-26-22(17(2)3)15-31-34(25)26/h5-8,11-12,15,17,20,23,28,30,35H,9-10,13-14,16H2,1-4H3,(H,29,33)(H,32,36)/b18-5+/t20-,23+/m1/s1. The van der Waals surface area contributed by atoms with E-state index in [2.05, 4.69) is 40.2 Å². The Morgan fingerprint density at radius 3 is 2.89 bits per heavy atom. The summed E-state index contributed by atoms with van der Waals surface area (Å²) in [6.45, 7) is 10.7. The van der Waals surface area contributed by atoms with Crippen LogP contribution in [0.25, 0.3) is 5.65 Å². The summed E-state index contributed by atoms with van der Waals surface area (Å²) in [6, 6.07) is 9.76. The number of hydrogen-bond acceptors (Lipinski definition) is 7. The Labute approximate surface area is 212 Å². The van der Waals surface area contributed by atoms with Crippen molar-refractivity contribution >= 4 is 28.9 Å². The van der Waals surface area contributed by atoms with Gasteiger partial charge in [-0.1, -0.05) is 32.1 Å². The third-order valence-corrected chi connectivity index (χ3v) is 6.71. The molecule has 3 aromatic rings. The summed E-state index contributed by atoms with van der Waals surface area (Å²) >= 11 is 0. The van der Waals surface area contributed by atoms with Gasteiger partial charge >= 0.3 is 0 Å². The van der Waals surface area contributed by atoms with E-state index in [1.807, 2.05) is 48.0 Å². The molecule has 3 heterocycles. The zero-order valence-corrected chi connectivity index (χ0v) is 21.5. The molecule has 0 aliphatic carbocycles. The van der Waals surface area contributed by atoms with Crippen LogP contribution in [0.1, 0.15) is 51.2 Å². The predicted octanol–water partition coefficient (Wildman–Crippen LogP) is 3.75. The maximum atomic E-state index is 12.2. The zero-order chi connectivity index (χ0) is 25.7. The van der Waals surface area contributed by atoms with Gasteiger partial charge in [0.15, 0.2) is 5.65 Å². The first kappa shape index (κ1) is 25.7. The highest BCUT2D eigenvalue weighted by atomic mass is 16.3. The molecule has 0 unspecified atom stereocenters. The van der Waals surface area contributed by atoms with Crippen molar-refractivity contribution in [3.05, 3.63) is 59.3 Å². The molecule has 1 saturated heterocycles. The van der Waals surface area contributed by atoms with Gasteiger partial charge in [-0.15, -0.1) is 0 Å². The van der Waals surface area contributed by atoms with Crippen LogP contribution in [0.4, 0.5) is 17.3 Å². The van der Waals surface area contributed by atoms with Gasteiger partial charge in [0.1, 0.15) is 11.6 Å². The van der Waals surface area contributed by atoms with E-state index in [9.17, 15) is 9.90 Å². The molecule has 9 nitrogen and oxygen atoms in total. The molecule has 9 heteroatoms. The van der Waals surface area contributed by atoms with Crippen molar-refractivity contribution in [2.24, 2.45) is 5.92 Å². The van der Waals surface area contributed by atoms with Crippen LogP contribution in [0.5, 0.6) is 0 Å². The Kier molecular flexibility index (Phi) is 8.22. The van der Waals surface area contributed by atoms with Gasteiger partial charge < -0.3 is 26.4 Å². The number of aliphatic hydroxyl groups excluding tert-OH is 1. The summed E-state index contributed by atoms with van der Waals surface area (Å²) in [5.41, 5.74) is 4.34. The Morgan fingerprint density at radius 1 is 1.31 bits per heavy atom. The second-order valence-corrected chi connectivity index (χ2v) is 9.70. The second-order valence-electron chi connectivity index (χ2n) is 9.70. The van der Waals surface area contributed by atoms with Crippen LogP contribution in [0.2, 0.25) is 0 Å². The number of β-amino-alcohol motifs (C(OH)–C–C–N with tert-alkyl or cyclic N) is 1. The number of rotatable bonds is 9. The molecular formula is C27H37N7O2. The van der Waals surface area contributed by atoms with Crippen LogP contribution in [-0.2, 0) is 11.3 Å². The fraction of sp³-hybridized carbons (Fsp3) is 0.444. The van der Waals surface area contributed by atoms with Crippen LogP contribution >= 0.6 is 0 Å². The first-order valence-electron chi connectivity index (χ1n) is 12.6. The van der Waals surface area contributed by atoms with Gasteiger partial charge in [-0.05, 0) is 50.4 Å². The first-order chi connectivity index (χ1) is 17.4. The third kappa shape index (κ3) is 6.03. The molecule has 1 aliphatic rings. The Morgan fingerprint density at radius 2 is 2.14 bits per heavy atom. The van der Waals surface area contributed by atoms with Gasteiger partial charge in [0.25, 0.3) is 5.91 Å². The van der Waals surface area contributed by atoms with Crippen LogP contribution < -0.4 is 21.3 Å². The van der Waals surface area contributed by atoms with Crippen molar-refractivity contribution in [1.29, 1.82) is 0 Å². The smallest absolute Gasteiger partial charge is 0.250 e. The SMILES string of the molecule is C/C=C(\C)C(=O)Nc1cccc(CNc2cc(NC[C@H]3CCNC[C@@H]3O)nc3c(C(C)C)cnn23)c1. The molecule has 0 spiro atoms. The minimum Gasteiger partial charge on any atom is -0.391 e. The highest BCUT2D eigenvalue weighted by molar-refractivity contribution is 6.03. The van der Waals surface area contributed by atoms with Gasteiger partial charge in [-0.3, -0.25) is 4.79 Å². The van der Waals surface area contributed by atoms with Crippen LogP contribution in [0.15, 0.2) is 48.2 Å². The Bertz CT molecular complexity index is 1230. The number of benzene rings is 1. The van der Waals surface area contributed by atoms with E-state index >= 15 is 0 Å². The number of nitrogens with one attached hydrogen (secondary N) is 4. The van der Waals surface area contributed by atoms with Crippen molar-refractivity contribution in [3.63, 3.8) is 0 Å². The average Bonchev–Trinajstić information content (AvgIpc) is 3.31. The number of fused-ring (bicyclic) bond motifs is 1. The largest absolute Gasteiger partial charge is 0.391 e. The zero-order valence-electron chi connectivity index (χ0n) is 21.5. The van der Waals surface area contributed by atoms with Gasteiger partial charge in [0.05, 0.1) is 12.3 Å². The summed E-state index contributed by atoms with van der Waals surface area (Å²) in [5.74, 6) is 1.93. The number of amides is 1. The molecule has 2 atom stereocenters. The van der Waals surface area contributed by atoms with E-state index in [1.165, 1.54) is 0 Å². The number of piperidine rings is 1. The lowest BCUT2D eigenvalue weighted by Gasteiger charge is -2.28. The molecule has 0 saturated carbocycles. The summed E-state index contributed by atoms with van der Waals surface area (Å²) in [4.78, 5) is 17.1. The average molecular weight is 492 g/mol. The third-order valence-electron chi connectivity index (χ3n) is 6.71. The summed E-state index contributed by atoms with van der Waals surface area (Å²) in [5, 5.41) is 28.0. The maximum Gasteiger partial charge on any atom is 0.250 e. The first-order valence-corrected chi connectivity index (χ1v) is 12.6. The topological polar surface area (TPSA) is 116 Å². The van der Waals surface area contributed by atoms with Gasteiger partial charge in [-0.2, -0.15) is 9.61 Å². The van der Waals surface area contributed by atoms with Crippen molar-refractivity contribution in [2.45, 2.75) is 52.7 Å². The van der Waals surface area contributed by atoms with Gasteiger partial charge in [0.2, 0.25) is 0 Å². The minimum atomic E-state index is -0.363. The molecule has 0 radical (unpaired) electrons. The highest BCUT2D eigenvalue weighted by Gasteiger charge is 2.23. The summed E-state index contributed by atoms with van der Waals surface area (Å²) in [7, 11) is 0. The van der Waals surface area contributed by atoms with E-state index in [-0.39, 0.29) is 23.8 Å². The second kappa shape index (κ2) is 11.5. The van der Waals surface area contributed by atoms with Gasteiger partial charge in [-0.25, -0.2) is 4.98 Å². The molecule has 1 aliphatic heterocycles. The number of carbonyl (C=O) groups excluding carboxylic acids is 1. The molecule has 1 amide bonds. The fourth-order valence-electron chi connectivity index (χ4n) is 4.29. The van der Waals surface area contributed by atoms with E-state index in [4.69, 9.17) is 4.98 Å². The quantitative estimate of drug-likeness (QED) is 0.290. The number of anilines is 3. The summed E-state index contributed by atoms with van der Waals surface area (Å²) < 4.78 is 1.83. The normalized spacial score (nSPS) is 18.4. The van der Waals surface area contributed by atoms with Gasteiger partial charge in [0, 0.05) is 48.4 Å². The molecule has 192 valence electrons. The number of carbonyl (C=O) groups is 1. The molecule has 1 fully saturated rings. The van der Waals surface area contributed by atoms with Crippen LogP contribution in [0, 0.1) is 5.92 Å². The molecule has 0 bridgehead atoms. The lowest BCUT2D eigenvalue weighted by atomic mass is 9.95. The van der Waals surface area contributed by atoms with E-state index in [0.29, 0.717) is 25.2 Å². The van der Waals surface area contributed by atoms with Crippen LogP contribution in [-0.4, -0.2) is 51.4 Å². The van der Waals surface area contributed by atoms with Crippen molar-refractivity contribution < 1.29 is 9.90 Å². The molecule has 2 aromatic heterocycles. The highest BCUT2D eigenvalue weighted by Crippen LogP contribution is 2.25. The van der Waals surface area contributed by atoms with Crippen molar-refractivity contribution in [1.82, 2.24) is 19.9 Å². The molecular weight excluding hydrogens is 454 g/mol. The minimum absolute atomic E-state index is 0.106. The molecule has 5 N–H and O–H groups in total. The monoisotopic (exact) mass is 491 g/mol. The Balaban J connectivity index is 1.53. The van der Waals surface area contributed by atoms with E-state index in [1.54, 1.807) is 13.0 Å². The van der Waals surface area contributed by atoms with Crippen molar-refractivity contribution in [2.75, 3.05) is 35.6 Å². The number of aliphatic hydroxyl groups is 1. The molecule has 4 rings (SSSR count). The number of allylic oxidation sites excluding steroid dienone is 1. The van der Waals surface area contributed by atoms with Crippen molar-refractivity contribution in [3.8, 4) is 0 Å². The lowest BCUT2D eigenvalue weighted by Crippen LogP contribution is -2.43. The maximum absolute atomic E-state index is 12.2. The number of hydrogen-bond donors (Lipinski definition) is 5. The number of aromatic nitrogens is 3. The number of nitrogens with zero attached hydrogens (tertiary/aromatic N) is 3. The summed E-state index contributed by atoms with van der Waals surface area (Å²) in [6.07, 6.45) is 4.23. The molecule has 1 aromatic carbocycles. The fourth-order valence-corrected chi connectivity index (χ4v) is 4.29.